The monoisotopic (exact) mass is 388 g/mol. The third kappa shape index (κ3) is 3.48. The summed E-state index contributed by atoms with van der Waals surface area (Å²) in [5.41, 5.74) is 4.79. The fourth-order valence-electron chi connectivity index (χ4n) is 4.14. The van der Waals surface area contributed by atoms with Gasteiger partial charge in [0.1, 0.15) is 0 Å². The number of imide groups is 1. The van der Waals surface area contributed by atoms with E-state index in [1.807, 2.05) is 45.0 Å². The standard InChI is InChI=1S/C24H24N2O3/c1-14-8-10-19-20(11-14)24(29)26(23(19)28)18-6-4-5-17(13-18)22(27)25-21-12-15(2)7-9-16(21)3/h4-9,12-13,19-20H,10-11H2,1-3H3,(H,25,27)/t19-,20+/m1/s1. The Morgan fingerprint density at radius 1 is 1.00 bits per heavy atom. The molecule has 5 nitrogen and oxygen atoms in total. The highest BCUT2D eigenvalue weighted by Crippen LogP contribution is 2.39. The summed E-state index contributed by atoms with van der Waals surface area (Å²) in [6, 6.07) is 12.6. The third-order valence-corrected chi connectivity index (χ3v) is 5.83. The van der Waals surface area contributed by atoms with Crippen LogP contribution in [0.2, 0.25) is 0 Å². The molecule has 5 heteroatoms. The number of rotatable bonds is 3. The van der Waals surface area contributed by atoms with Gasteiger partial charge in [-0.15, -0.1) is 0 Å². The molecule has 0 radical (unpaired) electrons. The number of hydrogen-bond acceptors (Lipinski definition) is 3. The van der Waals surface area contributed by atoms with Crippen molar-refractivity contribution in [2.45, 2.75) is 33.6 Å². The molecule has 1 N–H and O–H groups in total. The van der Waals surface area contributed by atoms with Gasteiger partial charge in [0, 0.05) is 11.3 Å². The maximum absolute atomic E-state index is 12.9. The van der Waals surface area contributed by atoms with Crippen molar-refractivity contribution in [1.82, 2.24) is 0 Å². The van der Waals surface area contributed by atoms with E-state index in [2.05, 4.69) is 5.32 Å². The van der Waals surface area contributed by atoms with Crippen LogP contribution < -0.4 is 10.2 Å². The first kappa shape index (κ1) is 19.1. The van der Waals surface area contributed by atoms with Gasteiger partial charge >= 0.3 is 0 Å². The van der Waals surface area contributed by atoms with Crippen LogP contribution in [0.4, 0.5) is 11.4 Å². The van der Waals surface area contributed by atoms with Crippen molar-refractivity contribution in [3.63, 3.8) is 0 Å². The molecule has 2 aliphatic rings. The van der Waals surface area contributed by atoms with Crippen LogP contribution in [-0.4, -0.2) is 17.7 Å². The van der Waals surface area contributed by atoms with E-state index in [1.54, 1.807) is 24.3 Å². The van der Waals surface area contributed by atoms with Crippen molar-refractivity contribution in [3.05, 3.63) is 70.8 Å². The van der Waals surface area contributed by atoms with E-state index >= 15 is 0 Å². The van der Waals surface area contributed by atoms with Crippen LogP contribution in [0.1, 0.15) is 41.3 Å². The summed E-state index contributed by atoms with van der Waals surface area (Å²) in [4.78, 5) is 39.9. The van der Waals surface area contributed by atoms with Crippen LogP contribution in [0, 0.1) is 25.7 Å². The van der Waals surface area contributed by atoms with Crippen molar-refractivity contribution in [1.29, 1.82) is 0 Å². The van der Waals surface area contributed by atoms with Gasteiger partial charge in [-0.05, 0) is 69.0 Å². The molecule has 1 heterocycles. The molecule has 0 unspecified atom stereocenters. The zero-order valence-corrected chi connectivity index (χ0v) is 16.9. The van der Waals surface area contributed by atoms with Crippen LogP contribution in [0.15, 0.2) is 54.1 Å². The van der Waals surface area contributed by atoms with E-state index in [9.17, 15) is 14.4 Å². The summed E-state index contributed by atoms with van der Waals surface area (Å²) >= 11 is 0. The number of carbonyl (C=O) groups excluding carboxylic acids is 3. The number of carbonyl (C=O) groups is 3. The zero-order chi connectivity index (χ0) is 20.7. The molecule has 3 amide bonds. The first-order valence-corrected chi connectivity index (χ1v) is 9.87. The maximum atomic E-state index is 12.9. The molecule has 1 saturated heterocycles. The summed E-state index contributed by atoms with van der Waals surface area (Å²) in [5, 5.41) is 2.93. The van der Waals surface area contributed by atoms with E-state index in [0.29, 0.717) is 24.1 Å². The van der Waals surface area contributed by atoms with Crippen LogP contribution in [0.5, 0.6) is 0 Å². The van der Waals surface area contributed by atoms with E-state index in [0.717, 1.165) is 22.4 Å². The predicted molar refractivity (Wildman–Crippen MR) is 113 cm³/mol. The Morgan fingerprint density at radius 2 is 1.76 bits per heavy atom. The number of hydrogen-bond donors (Lipinski definition) is 1. The SMILES string of the molecule is CC1=CC[C@H]2C(=O)N(c3cccc(C(=O)Nc4cc(C)ccc4C)c3)C(=O)[C@H]2C1. The smallest absolute Gasteiger partial charge is 0.255 e. The molecule has 29 heavy (non-hydrogen) atoms. The molecule has 4 rings (SSSR count). The van der Waals surface area contributed by atoms with Crippen molar-refractivity contribution in [3.8, 4) is 0 Å². The summed E-state index contributed by atoms with van der Waals surface area (Å²) in [7, 11) is 0. The minimum atomic E-state index is -0.293. The minimum absolute atomic E-state index is 0.167. The quantitative estimate of drug-likeness (QED) is 0.626. The molecular weight excluding hydrogens is 364 g/mol. The first-order valence-electron chi connectivity index (χ1n) is 9.87. The molecule has 0 spiro atoms. The second kappa shape index (κ2) is 7.32. The summed E-state index contributed by atoms with van der Waals surface area (Å²) < 4.78 is 0. The van der Waals surface area contributed by atoms with Crippen LogP contribution in [-0.2, 0) is 9.59 Å². The first-order chi connectivity index (χ1) is 13.8. The number of fused-ring (bicyclic) bond motifs is 1. The van der Waals surface area contributed by atoms with Crippen LogP contribution in [0.25, 0.3) is 0 Å². The normalized spacial score (nSPS) is 21.1. The van der Waals surface area contributed by atoms with Crippen molar-refractivity contribution in [2.24, 2.45) is 11.8 Å². The molecule has 0 bridgehead atoms. The molecule has 1 aliphatic heterocycles. The van der Waals surface area contributed by atoms with Gasteiger partial charge in [0.15, 0.2) is 0 Å². The van der Waals surface area contributed by atoms with E-state index in [-0.39, 0.29) is 29.6 Å². The highest BCUT2D eigenvalue weighted by Gasteiger charge is 2.48. The number of amides is 3. The zero-order valence-electron chi connectivity index (χ0n) is 16.9. The molecule has 2 aromatic rings. The Bertz CT molecular complexity index is 1050. The van der Waals surface area contributed by atoms with Gasteiger partial charge < -0.3 is 5.32 Å². The molecule has 2 aromatic carbocycles. The largest absolute Gasteiger partial charge is 0.322 e. The van der Waals surface area contributed by atoms with Gasteiger partial charge in [-0.2, -0.15) is 0 Å². The lowest BCUT2D eigenvalue weighted by atomic mass is 9.82. The fourth-order valence-corrected chi connectivity index (χ4v) is 4.14. The van der Waals surface area contributed by atoms with E-state index in [1.165, 1.54) is 4.90 Å². The Morgan fingerprint density at radius 3 is 2.55 bits per heavy atom. The van der Waals surface area contributed by atoms with Crippen LogP contribution >= 0.6 is 0 Å². The Kier molecular flexibility index (Phi) is 4.82. The second-order valence-electron chi connectivity index (χ2n) is 8.04. The number of benzene rings is 2. The molecule has 1 aliphatic carbocycles. The number of allylic oxidation sites excluding steroid dienone is 2. The molecule has 148 valence electrons. The fraction of sp³-hybridized carbons (Fsp3) is 0.292. The Balaban J connectivity index is 1.59. The molecular formula is C24H24N2O3. The van der Waals surface area contributed by atoms with Crippen molar-refractivity contribution in [2.75, 3.05) is 10.2 Å². The van der Waals surface area contributed by atoms with Gasteiger partial charge in [-0.3, -0.25) is 19.3 Å². The lowest BCUT2D eigenvalue weighted by Gasteiger charge is -2.18. The average molecular weight is 388 g/mol. The summed E-state index contributed by atoms with van der Waals surface area (Å²) in [6.07, 6.45) is 3.27. The number of anilines is 2. The highest BCUT2D eigenvalue weighted by molar-refractivity contribution is 6.22. The van der Waals surface area contributed by atoms with E-state index in [4.69, 9.17) is 0 Å². The van der Waals surface area contributed by atoms with Gasteiger partial charge in [-0.25, -0.2) is 0 Å². The average Bonchev–Trinajstić information content (AvgIpc) is 2.94. The van der Waals surface area contributed by atoms with Gasteiger partial charge in [0.25, 0.3) is 5.91 Å². The maximum Gasteiger partial charge on any atom is 0.255 e. The van der Waals surface area contributed by atoms with Gasteiger partial charge in [0.05, 0.1) is 17.5 Å². The summed E-state index contributed by atoms with van der Waals surface area (Å²) in [5.74, 6) is -1.19. The lowest BCUT2D eigenvalue weighted by Crippen LogP contribution is -2.31. The topological polar surface area (TPSA) is 66.5 Å². The molecule has 1 fully saturated rings. The highest BCUT2D eigenvalue weighted by atomic mass is 16.2. The van der Waals surface area contributed by atoms with Crippen LogP contribution in [0.3, 0.4) is 0 Å². The predicted octanol–water partition coefficient (Wildman–Crippen LogP) is 4.40. The van der Waals surface area contributed by atoms with Crippen molar-refractivity contribution >= 4 is 29.1 Å². The number of nitrogens with zero attached hydrogens (tertiary/aromatic N) is 1. The lowest BCUT2D eigenvalue weighted by molar-refractivity contribution is -0.122. The van der Waals surface area contributed by atoms with E-state index < -0.39 is 0 Å². The number of nitrogens with one attached hydrogen (secondary N) is 1. The molecule has 2 atom stereocenters. The Hall–Kier alpha value is -3.21. The Labute approximate surface area is 170 Å². The third-order valence-electron chi connectivity index (χ3n) is 5.83. The molecule has 0 aromatic heterocycles. The molecule has 0 saturated carbocycles. The summed E-state index contributed by atoms with van der Waals surface area (Å²) in [6.45, 7) is 5.90. The second-order valence-corrected chi connectivity index (χ2v) is 8.04. The van der Waals surface area contributed by atoms with Gasteiger partial charge in [-0.1, -0.05) is 29.8 Å². The van der Waals surface area contributed by atoms with Gasteiger partial charge in [0.2, 0.25) is 11.8 Å². The van der Waals surface area contributed by atoms with Crippen molar-refractivity contribution < 1.29 is 14.4 Å². The minimum Gasteiger partial charge on any atom is -0.322 e. The number of aryl methyl sites for hydroxylation is 2.